The van der Waals surface area contributed by atoms with Crippen LogP contribution < -0.4 is 10.0 Å². The predicted molar refractivity (Wildman–Crippen MR) is 109 cm³/mol. The van der Waals surface area contributed by atoms with Gasteiger partial charge in [-0.1, -0.05) is 23.7 Å². The van der Waals surface area contributed by atoms with E-state index in [0.717, 1.165) is 31.4 Å². The standard InChI is InChI=1S/C20H23ClN2O4S/c1-14-4-2-5-15(12-14)23-28(25,26)17-7-8-19(21)18(13-17)20(24)22-10-9-16-6-3-11-27-16/h2,4-5,7-8,12-13,16,23H,3,6,9-11H2,1H3,(H,22,24). The average molecular weight is 423 g/mol. The number of carbonyl (C=O) groups excluding carboxylic acids is 1. The number of nitrogens with one attached hydrogen (secondary N) is 2. The molecule has 1 unspecified atom stereocenters. The fraction of sp³-hybridized carbons (Fsp3) is 0.350. The zero-order valence-corrected chi connectivity index (χ0v) is 17.1. The van der Waals surface area contributed by atoms with Gasteiger partial charge in [-0.05, 0) is 62.1 Å². The number of anilines is 1. The first-order valence-electron chi connectivity index (χ1n) is 9.14. The molecule has 1 heterocycles. The highest BCUT2D eigenvalue weighted by Gasteiger charge is 2.20. The van der Waals surface area contributed by atoms with Crippen LogP contribution in [0.1, 0.15) is 35.2 Å². The van der Waals surface area contributed by atoms with Crippen molar-refractivity contribution in [3.8, 4) is 0 Å². The van der Waals surface area contributed by atoms with E-state index in [9.17, 15) is 13.2 Å². The van der Waals surface area contributed by atoms with Crippen molar-refractivity contribution in [1.29, 1.82) is 0 Å². The molecule has 6 nitrogen and oxygen atoms in total. The molecule has 1 aliphatic heterocycles. The van der Waals surface area contributed by atoms with Crippen molar-refractivity contribution in [3.05, 3.63) is 58.6 Å². The van der Waals surface area contributed by atoms with Gasteiger partial charge in [-0.2, -0.15) is 0 Å². The van der Waals surface area contributed by atoms with E-state index >= 15 is 0 Å². The van der Waals surface area contributed by atoms with Gasteiger partial charge in [0.05, 0.1) is 21.6 Å². The molecule has 8 heteroatoms. The predicted octanol–water partition coefficient (Wildman–Crippen LogP) is 3.75. The molecule has 2 N–H and O–H groups in total. The zero-order valence-electron chi connectivity index (χ0n) is 15.6. The summed E-state index contributed by atoms with van der Waals surface area (Å²) in [5.74, 6) is -0.407. The summed E-state index contributed by atoms with van der Waals surface area (Å²) in [6, 6.07) is 11.1. The Labute approximate surface area is 170 Å². The molecular formula is C20H23ClN2O4S. The third-order valence-corrected chi connectivity index (χ3v) is 6.25. The third-order valence-electron chi connectivity index (χ3n) is 4.54. The summed E-state index contributed by atoms with van der Waals surface area (Å²) in [6.07, 6.45) is 2.92. The van der Waals surface area contributed by atoms with Gasteiger partial charge in [-0.25, -0.2) is 8.42 Å². The van der Waals surface area contributed by atoms with Crippen LogP contribution in [0.2, 0.25) is 5.02 Å². The fourth-order valence-electron chi connectivity index (χ4n) is 3.08. The van der Waals surface area contributed by atoms with Gasteiger partial charge in [0.1, 0.15) is 0 Å². The molecular weight excluding hydrogens is 400 g/mol. The smallest absolute Gasteiger partial charge is 0.261 e. The summed E-state index contributed by atoms with van der Waals surface area (Å²) in [7, 11) is -3.85. The maximum Gasteiger partial charge on any atom is 0.261 e. The highest BCUT2D eigenvalue weighted by Crippen LogP contribution is 2.23. The number of amides is 1. The summed E-state index contributed by atoms with van der Waals surface area (Å²) in [4.78, 5) is 12.4. The van der Waals surface area contributed by atoms with Crippen LogP contribution in [-0.4, -0.2) is 33.6 Å². The largest absolute Gasteiger partial charge is 0.378 e. The van der Waals surface area contributed by atoms with Crippen LogP contribution in [0.3, 0.4) is 0 Å². The van der Waals surface area contributed by atoms with Crippen LogP contribution in [0.15, 0.2) is 47.4 Å². The summed E-state index contributed by atoms with van der Waals surface area (Å²) in [5.41, 5.74) is 1.52. The van der Waals surface area contributed by atoms with Gasteiger partial charge < -0.3 is 10.1 Å². The number of benzene rings is 2. The Balaban J connectivity index is 1.71. The highest BCUT2D eigenvalue weighted by atomic mass is 35.5. The van der Waals surface area contributed by atoms with Crippen LogP contribution >= 0.6 is 11.6 Å². The first kappa shape index (κ1) is 20.6. The van der Waals surface area contributed by atoms with Gasteiger partial charge >= 0.3 is 0 Å². The lowest BCUT2D eigenvalue weighted by Crippen LogP contribution is -2.27. The molecule has 3 rings (SSSR count). The maximum atomic E-state index is 12.7. The van der Waals surface area contributed by atoms with Crippen LogP contribution in [-0.2, 0) is 14.8 Å². The van der Waals surface area contributed by atoms with E-state index in [1.54, 1.807) is 18.2 Å². The normalized spacial score (nSPS) is 16.7. The minimum atomic E-state index is -3.85. The molecule has 0 spiro atoms. The van der Waals surface area contributed by atoms with E-state index < -0.39 is 15.9 Å². The Bertz CT molecular complexity index is 956. The molecule has 1 saturated heterocycles. The molecule has 28 heavy (non-hydrogen) atoms. The summed E-state index contributed by atoms with van der Waals surface area (Å²) >= 11 is 6.13. The lowest BCUT2D eigenvalue weighted by Gasteiger charge is -2.12. The number of sulfonamides is 1. The van der Waals surface area contributed by atoms with Crippen molar-refractivity contribution in [1.82, 2.24) is 5.32 Å². The van der Waals surface area contributed by atoms with E-state index in [1.807, 2.05) is 13.0 Å². The van der Waals surface area contributed by atoms with E-state index in [0.29, 0.717) is 12.2 Å². The van der Waals surface area contributed by atoms with Crippen molar-refractivity contribution in [2.24, 2.45) is 0 Å². The lowest BCUT2D eigenvalue weighted by molar-refractivity contribution is 0.0907. The number of ether oxygens (including phenoxy) is 1. The van der Waals surface area contributed by atoms with Crippen molar-refractivity contribution < 1.29 is 17.9 Å². The monoisotopic (exact) mass is 422 g/mol. The molecule has 2 aromatic rings. The van der Waals surface area contributed by atoms with Gasteiger partial charge in [-0.15, -0.1) is 0 Å². The van der Waals surface area contributed by atoms with E-state index in [2.05, 4.69) is 10.0 Å². The van der Waals surface area contributed by atoms with Crippen molar-refractivity contribution in [2.75, 3.05) is 17.9 Å². The summed E-state index contributed by atoms with van der Waals surface area (Å²) in [6.45, 7) is 3.08. The molecule has 0 saturated carbocycles. The second kappa shape index (κ2) is 8.94. The number of rotatable bonds is 7. The molecule has 150 valence electrons. The third kappa shape index (κ3) is 5.25. The van der Waals surface area contributed by atoms with E-state index in [-0.39, 0.29) is 21.6 Å². The second-order valence-electron chi connectivity index (χ2n) is 6.80. The summed E-state index contributed by atoms with van der Waals surface area (Å²) in [5, 5.41) is 2.98. The zero-order chi connectivity index (χ0) is 20.1. The minimum Gasteiger partial charge on any atom is -0.378 e. The van der Waals surface area contributed by atoms with Gasteiger partial charge in [0.2, 0.25) is 0 Å². The Morgan fingerprint density at radius 3 is 2.79 bits per heavy atom. The van der Waals surface area contributed by atoms with Gasteiger partial charge in [0, 0.05) is 18.8 Å². The molecule has 1 atom stereocenters. The quantitative estimate of drug-likeness (QED) is 0.711. The topological polar surface area (TPSA) is 84.5 Å². The Morgan fingerprint density at radius 1 is 1.25 bits per heavy atom. The number of hydrogen-bond donors (Lipinski definition) is 2. The van der Waals surface area contributed by atoms with Crippen LogP contribution in [0.4, 0.5) is 5.69 Å². The molecule has 0 aliphatic carbocycles. The van der Waals surface area contributed by atoms with E-state index in [4.69, 9.17) is 16.3 Å². The first-order chi connectivity index (χ1) is 13.3. The minimum absolute atomic E-state index is 0.0253. The number of carbonyl (C=O) groups is 1. The van der Waals surface area contributed by atoms with Crippen molar-refractivity contribution >= 4 is 33.2 Å². The molecule has 1 aliphatic rings. The Kier molecular flexibility index (Phi) is 6.59. The molecule has 1 fully saturated rings. The van der Waals surface area contributed by atoms with Crippen LogP contribution in [0.25, 0.3) is 0 Å². The number of aryl methyl sites for hydroxylation is 1. The van der Waals surface area contributed by atoms with Gasteiger partial charge in [0.15, 0.2) is 0 Å². The first-order valence-corrected chi connectivity index (χ1v) is 11.0. The van der Waals surface area contributed by atoms with Crippen molar-refractivity contribution in [3.63, 3.8) is 0 Å². The number of halogens is 1. The molecule has 2 aromatic carbocycles. The molecule has 0 bridgehead atoms. The summed E-state index contributed by atoms with van der Waals surface area (Å²) < 4.78 is 33.4. The molecule has 0 aromatic heterocycles. The molecule has 1 amide bonds. The average Bonchev–Trinajstić information content (AvgIpc) is 3.15. The lowest BCUT2D eigenvalue weighted by atomic mass is 10.1. The Morgan fingerprint density at radius 2 is 2.07 bits per heavy atom. The maximum absolute atomic E-state index is 12.7. The number of hydrogen-bond acceptors (Lipinski definition) is 4. The van der Waals surface area contributed by atoms with Gasteiger partial charge in [0.25, 0.3) is 15.9 Å². The van der Waals surface area contributed by atoms with Crippen LogP contribution in [0, 0.1) is 6.92 Å². The van der Waals surface area contributed by atoms with Gasteiger partial charge in [-0.3, -0.25) is 9.52 Å². The second-order valence-corrected chi connectivity index (χ2v) is 8.89. The SMILES string of the molecule is Cc1cccc(NS(=O)(=O)c2ccc(Cl)c(C(=O)NCCC3CCCO3)c2)c1. The fourth-order valence-corrected chi connectivity index (χ4v) is 4.36. The Hall–Kier alpha value is -2.09. The highest BCUT2D eigenvalue weighted by molar-refractivity contribution is 7.92. The molecule has 0 radical (unpaired) electrons. The van der Waals surface area contributed by atoms with E-state index in [1.165, 1.54) is 18.2 Å². The van der Waals surface area contributed by atoms with Crippen LogP contribution in [0.5, 0.6) is 0 Å². The van der Waals surface area contributed by atoms with Crippen molar-refractivity contribution in [2.45, 2.75) is 37.2 Å².